The highest BCUT2D eigenvalue weighted by Gasteiger charge is 2.70. The van der Waals surface area contributed by atoms with Crippen molar-refractivity contribution in [3.05, 3.63) is 12.4 Å². The molecule has 1 aromatic heterocycles. The molecule has 2 saturated heterocycles. The van der Waals surface area contributed by atoms with Gasteiger partial charge in [0.1, 0.15) is 16.2 Å². The van der Waals surface area contributed by atoms with Crippen molar-refractivity contribution >= 4 is 33.6 Å². The molecule has 0 radical (unpaired) electrons. The predicted octanol–water partition coefficient (Wildman–Crippen LogP) is -3.07. The minimum atomic E-state index is -3.80. The van der Waals surface area contributed by atoms with Crippen LogP contribution in [0.1, 0.15) is 26.2 Å². The quantitative estimate of drug-likeness (QED) is 0.109. The van der Waals surface area contributed by atoms with Crippen molar-refractivity contribution in [3.63, 3.8) is 0 Å². The van der Waals surface area contributed by atoms with E-state index >= 15 is 0 Å². The molecule has 1 aromatic rings. The number of carboxylic acid groups (broad SMARTS) is 2. The van der Waals surface area contributed by atoms with Gasteiger partial charge in [0, 0.05) is 12.7 Å². The smallest absolute Gasteiger partial charge is 0.328 e. The number of fused-ring (bicyclic) bond motifs is 1. The number of sulfone groups is 1. The van der Waals surface area contributed by atoms with Crippen molar-refractivity contribution in [3.8, 4) is 0 Å². The third-order valence-electron chi connectivity index (χ3n) is 5.28. The Hall–Kier alpha value is -3.27. The summed E-state index contributed by atoms with van der Waals surface area (Å²) in [4.78, 5) is 37.9. The number of aliphatic imine (C=N–C) groups is 1. The van der Waals surface area contributed by atoms with Gasteiger partial charge in [-0.1, -0.05) is 5.21 Å². The van der Waals surface area contributed by atoms with E-state index in [-0.39, 0.29) is 18.9 Å². The Bertz CT molecular complexity index is 992. The first-order valence-corrected chi connectivity index (χ1v) is 11.0. The molecule has 15 nitrogen and oxygen atoms in total. The van der Waals surface area contributed by atoms with Crippen molar-refractivity contribution in [2.24, 2.45) is 22.2 Å². The first kappa shape index (κ1) is 25.0. The minimum Gasteiger partial charge on any atom is -0.480 e. The largest absolute Gasteiger partial charge is 0.480 e. The number of hydrogen-bond acceptors (Lipinski definition) is 9. The number of amides is 1. The molecule has 0 aromatic carbocycles. The Morgan fingerprint density at radius 3 is 2.50 bits per heavy atom. The second kappa shape index (κ2) is 9.47. The number of aromatic nitrogens is 3. The van der Waals surface area contributed by atoms with Crippen LogP contribution in [0.15, 0.2) is 17.4 Å². The van der Waals surface area contributed by atoms with Crippen molar-refractivity contribution < 1.29 is 33.0 Å². The molecule has 0 aliphatic carbocycles. The van der Waals surface area contributed by atoms with Crippen LogP contribution < -0.4 is 17.2 Å². The van der Waals surface area contributed by atoms with Crippen LogP contribution in [0.25, 0.3) is 0 Å². The summed E-state index contributed by atoms with van der Waals surface area (Å²) in [6.07, 6.45) is 3.63. The molecule has 0 bridgehead atoms. The number of nitrogens with two attached hydrogens (primary N) is 3. The van der Waals surface area contributed by atoms with E-state index in [4.69, 9.17) is 22.3 Å². The van der Waals surface area contributed by atoms with E-state index in [1.54, 1.807) is 0 Å². The Balaban J connectivity index is 0.000000262. The van der Waals surface area contributed by atoms with Gasteiger partial charge in [0.2, 0.25) is 5.91 Å². The predicted molar refractivity (Wildman–Crippen MR) is 110 cm³/mol. The number of carbonyl (C=O) groups excluding carboxylic acids is 1. The zero-order chi connectivity index (χ0) is 24.3. The fourth-order valence-electron chi connectivity index (χ4n) is 3.57. The highest BCUT2D eigenvalue weighted by Crippen LogP contribution is 2.46. The lowest BCUT2D eigenvalue weighted by Crippen LogP contribution is -2.58. The van der Waals surface area contributed by atoms with Gasteiger partial charge in [-0.05, 0) is 19.8 Å². The van der Waals surface area contributed by atoms with Gasteiger partial charge in [-0.15, -0.1) is 5.10 Å². The maximum absolute atomic E-state index is 12.5. The molecule has 1 unspecified atom stereocenters. The van der Waals surface area contributed by atoms with Crippen molar-refractivity contribution in [1.82, 2.24) is 19.9 Å². The standard InChI is InChI=1S/C10H12N4O5S.C6H14N4O2/c1-10(5-13-3-2-11-12-13)8(9(16)17)14-6(15)4-7(14)20(10,18)19;7-4(5(11)12)2-1-3-10-6(8)9/h2-3,7-8H,4-5H2,1H3,(H,16,17);4H,1-3,7H2,(H,11,12)(H4,8,9,10)/t7-,8+,10+;/m1./s1. The lowest BCUT2D eigenvalue weighted by molar-refractivity contribution is -0.157. The van der Waals surface area contributed by atoms with Crippen LogP contribution >= 0.6 is 0 Å². The maximum Gasteiger partial charge on any atom is 0.328 e. The maximum atomic E-state index is 12.5. The van der Waals surface area contributed by atoms with Crippen molar-refractivity contribution in [1.29, 1.82) is 0 Å². The molecule has 8 N–H and O–H groups in total. The molecule has 3 rings (SSSR count). The lowest BCUT2D eigenvalue weighted by atomic mass is 9.96. The summed E-state index contributed by atoms with van der Waals surface area (Å²) >= 11 is 0. The van der Waals surface area contributed by atoms with E-state index in [1.807, 2.05) is 0 Å². The number of rotatable bonds is 8. The average molecular weight is 475 g/mol. The van der Waals surface area contributed by atoms with Crippen LogP contribution in [0.5, 0.6) is 0 Å². The van der Waals surface area contributed by atoms with Gasteiger partial charge in [0.05, 0.1) is 19.2 Å². The molecule has 1 amide bonds. The van der Waals surface area contributed by atoms with Gasteiger partial charge >= 0.3 is 11.9 Å². The van der Waals surface area contributed by atoms with Gasteiger partial charge in [0.15, 0.2) is 21.8 Å². The first-order chi connectivity index (χ1) is 14.8. The minimum absolute atomic E-state index is 0.0129. The zero-order valence-corrected chi connectivity index (χ0v) is 18.1. The van der Waals surface area contributed by atoms with Gasteiger partial charge in [-0.25, -0.2) is 13.2 Å². The average Bonchev–Trinajstić information content (AvgIpc) is 3.23. The van der Waals surface area contributed by atoms with Crippen molar-refractivity contribution in [2.75, 3.05) is 6.54 Å². The molecule has 0 saturated carbocycles. The summed E-state index contributed by atoms with van der Waals surface area (Å²) in [5.41, 5.74) is 15.3. The molecule has 32 heavy (non-hydrogen) atoms. The van der Waals surface area contributed by atoms with Crippen LogP contribution in [-0.4, -0.2) is 91.1 Å². The Morgan fingerprint density at radius 2 is 2.03 bits per heavy atom. The Morgan fingerprint density at radius 1 is 1.38 bits per heavy atom. The highest BCUT2D eigenvalue weighted by atomic mass is 32.2. The van der Waals surface area contributed by atoms with Gasteiger partial charge < -0.3 is 32.3 Å². The number of hydrogen-bond donors (Lipinski definition) is 5. The molecule has 2 fully saturated rings. The van der Waals surface area contributed by atoms with Crippen LogP contribution in [0.3, 0.4) is 0 Å². The summed E-state index contributed by atoms with van der Waals surface area (Å²) in [6.45, 7) is 1.60. The van der Waals surface area contributed by atoms with E-state index < -0.39 is 49.9 Å². The first-order valence-electron chi connectivity index (χ1n) is 9.48. The molecular weight excluding hydrogens is 448 g/mol. The van der Waals surface area contributed by atoms with Gasteiger partial charge in [-0.3, -0.25) is 19.3 Å². The molecule has 16 heteroatoms. The van der Waals surface area contributed by atoms with E-state index in [1.165, 1.54) is 24.0 Å². The number of β-lactam (4-membered cyclic amide) rings is 1. The van der Waals surface area contributed by atoms with Gasteiger partial charge in [-0.2, -0.15) is 0 Å². The molecule has 4 atom stereocenters. The fourth-order valence-corrected chi connectivity index (χ4v) is 5.93. The van der Waals surface area contributed by atoms with E-state index in [0.29, 0.717) is 19.4 Å². The van der Waals surface area contributed by atoms with Crippen LogP contribution in [-0.2, 0) is 30.8 Å². The fraction of sp³-hybridized carbons (Fsp3) is 0.625. The number of carbonyl (C=O) groups is 3. The Kier molecular flexibility index (Phi) is 7.40. The number of carboxylic acids is 2. The summed E-state index contributed by atoms with van der Waals surface area (Å²) in [7, 11) is -3.80. The van der Waals surface area contributed by atoms with Crippen LogP contribution in [0.2, 0.25) is 0 Å². The zero-order valence-electron chi connectivity index (χ0n) is 17.2. The number of guanidine groups is 1. The number of aliphatic carboxylic acids is 2. The third-order valence-corrected chi connectivity index (χ3v) is 8.04. The van der Waals surface area contributed by atoms with Crippen LogP contribution in [0, 0.1) is 0 Å². The summed E-state index contributed by atoms with van der Waals surface area (Å²) in [5.74, 6) is -2.77. The summed E-state index contributed by atoms with van der Waals surface area (Å²) < 4.78 is 24.7. The van der Waals surface area contributed by atoms with E-state index in [9.17, 15) is 27.9 Å². The van der Waals surface area contributed by atoms with E-state index in [2.05, 4.69) is 15.3 Å². The second-order valence-corrected chi connectivity index (χ2v) is 10.1. The highest BCUT2D eigenvalue weighted by molar-refractivity contribution is 7.93. The monoisotopic (exact) mass is 474 g/mol. The lowest BCUT2D eigenvalue weighted by Gasteiger charge is -2.35. The molecule has 2 aliphatic rings. The van der Waals surface area contributed by atoms with Crippen molar-refractivity contribution in [2.45, 2.75) is 54.9 Å². The summed E-state index contributed by atoms with van der Waals surface area (Å²) in [6, 6.07) is -2.22. The normalized spacial score (nSPS) is 26.2. The molecule has 2 aliphatic heterocycles. The topological polar surface area (TPSA) is 250 Å². The molecule has 3 heterocycles. The van der Waals surface area contributed by atoms with E-state index in [0.717, 1.165) is 4.90 Å². The Labute approximate surface area is 183 Å². The second-order valence-electron chi connectivity index (χ2n) is 7.55. The SMILES string of the molecule is C[C@]1(Cn2ccnn2)[C@H](C(=O)O)N2C(=O)C[C@H]2S1(=O)=O.NC(N)=NCCCC(N)C(=O)O. The summed E-state index contributed by atoms with van der Waals surface area (Å²) in [5, 5.41) is 23.9. The molecular formula is C16H26N8O7S. The molecule has 0 spiro atoms. The number of nitrogens with zero attached hydrogens (tertiary/aromatic N) is 5. The van der Waals surface area contributed by atoms with Crippen LogP contribution in [0.4, 0.5) is 0 Å². The molecule has 178 valence electrons. The third kappa shape index (κ3) is 4.80. The van der Waals surface area contributed by atoms with Gasteiger partial charge in [0.25, 0.3) is 0 Å².